The van der Waals surface area contributed by atoms with Gasteiger partial charge in [0.1, 0.15) is 11.8 Å². The lowest BCUT2D eigenvalue weighted by molar-refractivity contribution is -0.137. The van der Waals surface area contributed by atoms with Crippen LogP contribution in [0.4, 0.5) is 18.9 Å². The lowest BCUT2D eigenvalue weighted by Gasteiger charge is -2.24. The zero-order chi connectivity index (χ0) is 18.9. The number of anilines is 1. The van der Waals surface area contributed by atoms with Crippen molar-refractivity contribution in [1.82, 2.24) is 20.2 Å². The van der Waals surface area contributed by atoms with Crippen LogP contribution in [0.2, 0.25) is 0 Å². The van der Waals surface area contributed by atoms with Gasteiger partial charge in [-0.05, 0) is 67.6 Å². The molecular formula is C17H18F3N5O. The number of hydrogen-bond acceptors (Lipinski definition) is 5. The normalized spacial score (nSPS) is 13.6. The zero-order valence-electron chi connectivity index (χ0n) is 14.4. The first kappa shape index (κ1) is 18.0. The molecule has 0 saturated heterocycles. The van der Waals surface area contributed by atoms with Gasteiger partial charge in [0.15, 0.2) is 5.82 Å². The highest BCUT2D eigenvalue weighted by molar-refractivity contribution is 5.48. The number of benzene rings is 1. The van der Waals surface area contributed by atoms with Crippen LogP contribution in [0, 0.1) is 0 Å². The highest BCUT2D eigenvalue weighted by atomic mass is 19.4. The van der Waals surface area contributed by atoms with Gasteiger partial charge in [-0.1, -0.05) is 0 Å². The Morgan fingerprint density at radius 2 is 1.77 bits per heavy atom. The molecule has 26 heavy (non-hydrogen) atoms. The SMILES string of the molecule is CC(C)(C)n1nnnc1[C@H](Nc1ccc(C(F)(F)F)cc1)c1ccco1. The second-order valence-electron chi connectivity index (χ2n) is 6.79. The molecule has 0 radical (unpaired) electrons. The van der Waals surface area contributed by atoms with Gasteiger partial charge >= 0.3 is 6.18 Å². The molecule has 0 aliphatic heterocycles. The summed E-state index contributed by atoms with van der Waals surface area (Å²) in [4.78, 5) is 0. The van der Waals surface area contributed by atoms with Crippen LogP contribution in [-0.4, -0.2) is 20.2 Å². The van der Waals surface area contributed by atoms with Crippen molar-refractivity contribution in [3.8, 4) is 0 Å². The van der Waals surface area contributed by atoms with Crippen molar-refractivity contribution in [3.63, 3.8) is 0 Å². The maximum atomic E-state index is 12.7. The Labute approximate surface area is 148 Å². The number of rotatable bonds is 4. The van der Waals surface area contributed by atoms with Gasteiger partial charge in [-0.3, -0.25) is 0 Å². The summed E-state index contributed by atoms with van der Waals surface area (Å²) in [6.45, 7) is 5.85. The fourth-order valence-corrected chi connectivity index (χ4v) is 2.49. The third-order valence-corrected chi connectivity index (χ3v) is 3.74. The van der Waals surface area contributed by atoms with Gasteiger partial charge in [0, 0.05) is 5.69 Å². The zero-order valence-corrected chi connectivity index (χ0v) is 14.4. The number of nitrogens with one attached hydrogen (secondary N) is 1. The van der Waals surface area contributed by atoms with E-state index in [4.69, 9.17) is 4.42 Å². The molecule has 0 fully saturated rings. The van der Waals surface area contributed by atoms with E-state index in [1.165, 1.54) is 18.4 Å². The predicted octanol–water partition coefficient (Wildman–Crippen LogP) is 4.24. The first-order chi connectivity index (χ1) is 12.2. The van der Waals surface area contributed by atoms with Gasteiger partial charge in [-0.2, -0.15) is 13.2 Å². The molecule has 3 aromatic rings. The summed E-state index contributed by atoms with van der Waals surface area (Å²) < 4.78 is 45.4. The summed E-state index contributed by atoms with van der Waals surface area (Å²) in [6, 6.07) is 7.69. The molecule has 0 spiro atoms. The van der Waals surface area contributed by atoms with E-state index < -0.39 is 17.8 Å². The fourth-order valence-electron chi connectivity index (χ4n) is 2.49. The predicted molar refractivity (Wildman–Crippen MR) is 88.4 cm³/mol. The van der Waals surface area contributed by atoms with Crippen LogP contribution in [-0.2, 0) is 11.7 Å². The van der Waals surface area contributed by atoms with E-state index in [0.29, 0.717) is 17.3 Å². The van der Waals surface area contributed by atoms with Crippen LogP contribution in [0.5, 0.6) is 0 Å². The van der Waals surface area contributed by atoms with Crippen molar-refractivity contribution in [3.05, 3.63) is 59.8 Å². The van der Waals surface area contributed by atoms with E-state index in [0.717, 1.165) is 12.1 Å². The van der Waals surface area contributed by atoms with Gasteiger partial charge in [-0.15, -0.1) is 5.10 Å². The lowest BCUT2D eigenvalue weighted by atomic mass is 10.1. The van der Waals surface area contributed by atoms with Gasteiger partial charge in [-0.25, -0.2) is 4.68 Å². The van der Waals surface area contributed by atoms with Gasteiger partial charge in [0.2, 0.25) is 0 Å². The van der Waals surface area contributed by atoms with Crippen molar-refractivity contribution in [2.75, 3.05) is 5.32 Å². The standard InChI is InChI=1S/C17H18F3N5O/c1-16(2,3)25-15(22-23-24-25)14(13-5-4-10-26-13)21-12-8-6-11(7-9-12)17(18,19)20/h4-10,14,21H,1-3H3/t14-/m1/s1. The number of nitrogens with zero attached hydrogens (tertiary/aromatic N) is 4. The van der Waals surface area contributed by atoms with Crippen LogP contribution in [0.3, 0.4) is 0 Å². The highest BCUT2D eigenvalue weighted by Crippen LogP contribution is 2.32. The summed E-state index contributed by atoms with van der Waals surface area (Å²) in [5.74, 6) is 1.04. The molecule has 0 bridgehead atoms. The van der Waals surface area contributed by atoms with E-state index in [1.807, 2.05) is 20.8 Å². The second-order valence-corrected chi connectivity index (χ2v) is 6.79. The number of aromatic nitrogens is 4. The molecule has 1 N–H and O–H groups in total. The Hall–Kier alpha value is -2.84. The molecule has 9 heteroatoms. The Morgan fingerprint density at radius 1 is 1.08 bits per heavy atom. The fraction of sp³-hybridized carbons (Fsp3) is 0.353. The van der Waals surface area contributed by atoms with E-state index in [9.17, 15) is 13.2 Å². The van der Waals surface area contributed by atoms with Crippen molar-refractivity contribution in [2.45, 2.75) is 38.5 Å². The van der Waals surface area contributed by atoms with Gasteiger partial charge < -0.3 is 9.73 Å². The summed E-state index contributed by atoms with van der Waals surface area (Å²) in [5, 5.41) is 15.0. The molecule has 0 saturated carbocycles. The van der Waals surface area contributed by atoms with Crippen molar-refractivity contribution in [1.29, 1.82) is 0 Å². The minimum atomic E-state index is -4.38. The van der Waals surface area contributed by atoms with Crippen molar-refractivity contribution >= 4 is 5.69 Å². The number of furan rings is 1. The summed E-state index contributed by atoms with van der Waals surface area (Å²) >= 11 is 0. The second kappa shape index (κ2) is 6.47. The molecule has 0 aliphatic carbocycles. The molecule has 0 unspecified atom stereocenters. The third kappa shape index (κ3) is 3.71. The lowest BCUT2D eigenvalue weighted by Crippen LogP contribution is -2.29. The minimum absolute atomic E-state index is 0.383. The Kier molecular flexibility index (Phi) is 4.47. The smallest absolute Gasteiger partial charge is 0.416 e. The van der Waals surface area contributed by atoms with Gasteiger partial charge in [0.05, 0.1) is 17.4 Å². The monoisotopic (exact) mass is 365 g/mol. The van der Waals surface area contributed by atoms with E-state index in [-0.39, 0.29) is 5.54 Å². The molecule has 2 heterocycles. The molecule has 0 amide bonds. The minimum Gasteiger partial charge on any atom is -0.467 e. The summed E-state index contributed by atoms with van der Waals surface area (Å²) in [7, 11) is 0. The third-order valence-electron chi connectivity index (χ3n) is 3.74. The van der Waals surface area contributed by atoms with Crippen molar-refractivity contribution in [2.24, 2.45) is 0 Å². The average Bonchev–Trinajstić information content (AvgIpc) is 3.23. The molecule has 2 aromatic heterocycles. The summed E-state index contributed by atoms with van der Waals surface area (Å²) in [5.41, 5.74) is -0.606. The largest absolute Gasteiger partial charge is 0.467 e. The Bertz CT molecular complexity index is 848. The topological polar surface area (TPSA) is 68.8 Å². The van der Waals surface area contributed by atoms with Crippen LogP contribution < -0.4 is 5.32 Å². The van der Waals surface area contributed by atoms with E-state index in [2.05, 4.69) is 20.8 Å². The maximum Gasteiger partial charge on any atom is 0.416 e. The Balaban J connectivity index is 1.96. The van der Waals surface area contributed by atoms with Gasteiger partial charge in [0.25, 0.3) is 0 Å². The molecule has 3 rings (SSSR count). The molecule has 1 aromatic carbocycles. The molecular weight excluding hydrogens is 347 g/mol. The van der Waals surface area contributed by atoms with E-state index in [1.54, 1.807) is 16.8 Å². The average molecular weight is 365 g/mol. The van der Waals surface area contributed by atoms with Crippen LogP contribution >= 0.6 is 0 Å². The van der Waals surface area contributed by atoms with Crippen LogP contribution in [0.15, 0.2) is 47.1 Å². The number of tetrazole rings is 1. The first-order valence-electron chi connectivity index (χ1n) is 7.92. The van der Waals surface area contributed by atoms with Crippen LogP contribution in [0.1, 0.15) is 44.0 Å². The first-order valence-corrected chi connectivity index (χ1v) is 7.92. The number of halogens is 3. The number of hydrogen-bond donors (Lipinski definition) is 1. The highest BCUT2D eigenvalue weighted by Gasteiger charge is 2.31. The summed E-state index contributed by atoms with van der Waals surface area (Å²) in [6.07, 6.45) is -2.86. The molecule has 138 valence electrons. The molecule has 1 atom stereocenters. The quantitative estimate of drug-likeness (QED) is 0.749. The maximum absolute atomic E-state index is 12.7. The van der Waals surface area contributed by atoms with E-state index >= 15 is 0 Å². The molecule has 0 aliphatic rings. The number of alkyl halides is 3. The van der Waals surface area contributed by atoms with Crippen LogP contribution in [0.25, 0.3) is 0 Å². The molecule has 6 nitrogen and oxygen atoms in total. The Morgan fingerprint density at radius 3 is 2.31 bits per heavy atom. The van der Waals surface area contributed by atoms with Crippen molar-refractivity contribution < 1.29 is 17.6 Å².